The summed E-state index contributed by atoms with van der Waals surface area (Å²) in [6.45, 7) is 1.27. The van der Waals surface area contributed by atoms with Crippen LogP contribution >= 0.6 is 0 Å². The zero-order chi connectivity index (χ0) is 15.5. The molecule has 118 valence electrons. The molecule has 6 heteroatoms. The molecule has 1 aliphatic carbocycles. The minimum Gasteiger partial charge on any atom is -0.376 e. The summed E-state index contributed by atoms with van der Waals surface area (Å²) in [5, 5.41) is 5.55. The number of halogens is 1. The van der Waals surface area contributed by atoms with E-state index in [1.54, 1.807) is 0 Å². The first kappa shape index (κ1) is 15.0. The molecule has 3 unspecified atom stereocenters. The number of benzene rings is 1. The van der Waals surface area contributed by atoms with Gasteiger partial charge >= 0.3 is 0 Å². The monoisotopic (exact) mass is 306 g/mol. The van der Waals surface area contributed by atoms with Gasteiger partial charge in [-0.15, -0.1) is 0 Å². The van der Waals surface area contributed by atoms with Crippen molar-refractivity contribution < 1.29 is 18.7 Å². The average molecular weight is 306 g/mol. The van der Waals surface area contributed by atoms with Crippen LogP contribution in [-0.2, 0) is 14.3 Å². The number of anilines is 1. The summed E-state index contributed by atoms with van der Waals surface area (Å²) in [7, 11) is 0. The number of hydrogen-bond donors (Lipinski definition) is 2. The van der Waals surface area contributed by atoms with Crippen LogP contribution in [0.25, 0.3) is 0 Å². The van der Waals surface area contributed by atoms with Crippen molar-refractivity contribution in [2.45, 2.75) is 25.4 Å². The third-order valence-corrected chi connectivity index (χ3v) is 4.10. The van der Waals surface area contributed by atoms with Crippen LogP contribution in [0, 0.1) is 17.7 Å². The fourth-order valence-electron chi connectivity index (χ4n) is 2.69. The number of carbonyl (C=O) groups is 2. The van der Waals surface area contributed by atoms with E-state index in [9.17, 15) is 14.0 Å². The Labute approximate surface area is 128 Å². The van der Waals surface area contributed by atoms with Crippen LogP contribution in [0.3, 0.4) is 0 Å². The molecule has 1 aromatic rings. The van der Waals surface area contributed by atoms with Gasteiger partial charge in [0.05, 0.1) is 17.9 Å². The molecule has 5 nitrogen and oxygen atoms in total. The van der Waals surface area contributed by atoms with Crippen LogP contribution < -0.4 is 10.6 Å². The quantitative estimate of drug-likeness (QED) is 0.870. The van der Waals surface area contributed by atoms with Crippen LogP contribution in [0.5, 0.6) is 0 Å². The van der Waals surface area contributed by atoms with E-state index >= 15 is 0 Å². The highest BCUT2D eigenvalue weighted by Gasteiger charge is 2.48. The molecule has 0 bridgehead atoms. The van der Waals surface area contributed by atoms with Crippen molar-refractivity contribution in [3.05, 3.63) is 30.1 Å². The summed E-state index contributed by atoms with van der Waals surface area (Å²) in [6, 6.07) is 5.58. The number of amides is 2. The maximum atomic E-state index is 12.8. The predicted octanol–water partition coefficient (Wildman–Crippen LogP) is 1.70. The average Bonchev–Trinajstić information content (AvgIpc) is 3.15. The fourth-order valence-corrected chi connectivity index (χ4v) is 2.69. The molecule has 22 heavy (non-hydrogen) atoms. The lowest BCUT2D eigenvalue weighted by Gasteiger charge is -2.10. The van der Waals surface area contributed by atoms with Gasteiger partial charge in [0.15, 0.2) is 0 Å². The van der Waals surface area contributed by atoms with Crippen molar-refractivity contribution in [2.24, 2.45) is 11.8 Å². The van der Waals surface area contributed by atoms with Crippen LogP contribution in [0.4, 0.5) is 10.1 Å². The van der Waals surface area contributed by atoms with Crippen LogP contribution in [0.1, 0.15) is 19.3 Å². The van der Waals surface area contributed by atoms with Crippen molar-refractivity contribution >= 4 is 17.5 Å². The maximum absolute atomic E-state index is 12.8. The standard InChI is InChI=1S/C16H19FN2O3/c17-10-3-5-11(6-4-10)19-16(21)14-8-13(14)15(20)18-9-12-2-1-7-22-12/h3-6,12-14H,1-2,7-9H2,(H,18,20)(H,19,21). The molecule has 2 fully saturated rings. The first-order valence-corrected chi connectivity index (χ1v) is 7.59. The Bertz CT molecular complexity index is 555. The molecule has 0 spiro atoms. The first-order valence-electron chi connectivity index (χ1n) is 7.59. The van der Waals surface area contributed by atoms with Gasteiger partial charge in [0.25, 0.3) is 0 Å². The summed E-state index contributed by atoms with van der Waals surface area (Å²) >= 11 is 0. The van der Waals surface area contributed by atoms with Gasteiger partial charge in [-0.3, -0.25) is 9.59 Å². The van der Waals surface area contributed by atoms with Gasteiger partial charge in [-0.05, 0) is 43.5 Å². The van der Waals surface area contributed by atoms with Gasteiger partial charge in [0.2, 0.25) is 11.8 Å². The summed E-state index contributed by atoms with van der Waals surface area (Å²) in [5.41, 5.74) is 0.539. The van der Waals surface area contributed by atoms with Gasteiger partial charge in [0.1, 0.15) is 5.82 Å². The number of nitrogens with one attached hydrogen (secondary N) is 2. The summed E-state index contributed by atoms with van der Waals surface area (Å²) in [6.07, 6.45) is 2.67. The molecule has 0 radical (unpaired) electrons. The topological polar surface area (TPSA) is 67.4 Å². The Hall–Kier alpha value is -1.95. The summed E-state index contributed by atoms with van der Waals surface area (Å²) < 4.78 is 18.2. The first-order chi connectivity index (χ1) is 10.6. The van der Waals surface area contributed by atoms with E-state index in [1.165, 1.54) is 24.3 Å². The highest BCUT2D eigenvalue weighted by Crippen LogP contribution is 2.39. The van der Waals surface area contributed by atoms with Gasteiger partial charge < -0.3 is 15.4 Å². The molecule has 1 aliphatic heterocycles. The molecule has 2 aliphatic rings. The fraction of sp³-hybridized carbons (Fsp3) is 0.500. The van der Waals surface area contributed by atoms with Crippen molar-refractivity contribution in [3.63, 3.8) is 0 Å². The highest BCUT2D eigenvalue weighted by molar-refractivity contribution is 5.99. The van der Waals surface area contributed by atoms with E-state index in [2.05, 4.69) is 10.6 Å². The minimum absolute atomic E-state index is 0.0882. The lowest BCUT2D eigenvalue weighted by molar-refractivity contribution is -0.125. The van der Waals surface area contributed by atoms with E-state index in [1.807, 2.05) is 0 Å². The molecule has 1 heterocycles. The smallest absolute Gasteiger partial charge is 0.228 e. The van der Waals surface area contributed by atoms with E-state index < -0.39 is 0 Å². The largest absolute Gasteiger partial charge is 0.376 e. The van der Waals surface area contributed by atoms with Crippen molar-refractivity contribution in [1.82, 2.24) is 5.32 Å². The Balaban J connectivity index is 1.43. The number of rotatable bonds is 5. The SMILES string of the molecule is O=C(NCC1CCCO1)C1CC1C(=O)Nc1ccc(F)cc1. The van der Waals surface area contributed by atoms with E-state index in [0.717, 1.165) is 19.4 Å². The normalized spacial score (nSPS) is 26.5. The molecule has 3 atom stereocenters. The third-order valence-electron chi connectivity index (χ3n) is 4.10. The Morgan fingerprint density at radius 3 is 2.59 bits per heavy atom. The zero-order valence-corrected chi connectivity index (χ0v) is 12.2. The third kappa shape index (κ3) is 3.62. The van der Waals surface area contributed by atoms with Crippen LogP contribution in [-0.4, -0.2) is 31.1 Å². The van der Waals surface area contributed by atoms with Crippen LogP contribution in [0.15, 0.2) is 24.3 Å². The van der Waals surface area contributed by atoms with E-state index in [0.29, 0.717) is 18.7 Å². The summed E-state index contributed by atoms with van der Waals surface area (Å²) in [5.74, 6) is -1.19. The second-order valence-corrected chi connectivity index (χ2v) is 5.83. The van der Waals surface area contributed by atoms with Crippen molar-refractivity contribution in [2.75, 3.05) is 18.5 Å². The molecule has 2 N–H and O–H groups in total. The molecule has 0 aromatic heterocycles. The van der Waals surface area contributed by atoms with E-state index in [-0.39, 0.29) is 35.6 Å². The van der Waals surface area contributed by atoms with Crippen LogP contribution in [0.2, 0.25) is 0 Å². The lowest BCUT2D eigenvalue weighted by Crippen LogP contribution is -2.33. The number of ether oxygens (including phenoxy) is 1. The van der Waals surface area contributed by atoms with Gasteiger partial charge in [-0.2, -0.15) is 0 Å². The highest BCUT2D eigenvalue weighted by atomic mass is 19.1. The van der Waals surface area contributed by atoms with E-state index in [4.69, 9.17) is 4.74 Å². The molecule has 1 saturated carbocycles. The van der Waals surface area contributed by atoms with Gasteiger partial charge in [-0.25, -0.2) is 4.39 Å². The second-order valence-electron chi connectivity index (χ2n) is 5.83. The van der Waals surface area contributed by atoms with Crippen molar-refractivity contribution in [3.8, 4) is 0 Å². The number of hydrogen-bond acceptors (Lipinski definition) is 3. The lowest BCUT2D eigenvalue weighted by atomic mass is 10.2. The molecular weight excluding hydrogens is 287 g/mol. The Morgan fingerprint density at radius 2 is 1.91 bits per heavy atom. The zero-order valence-electron chi connectivity index (χ0n) is 12.2. The Morgan fingerprint density at radius 1 is 1.18 bits per heavy atom. The molecule has 1 aromatic carbocycles. The molecule has 1 saturated heterocycles. The summed E-state index contributed by atoms with van der Waals surface area (Å²) in [4.78, 5) is 24.0. The molecule has 3 rings (SSSR count). The van der Waals surface area contributed by atoms with Crippen molar-refractivity contribution in [1.29, 1.82) is 0 Å². The molecular formula is C16H19FN2O3. The van der Waals surface area contributed by atoms with Gasteiger partial charge in [0, 0.05) is 18.8 Å². The van der Waals surface area contributed by atoms with Gasteiger partial charge in [-0.1, -0.05) is 0 Å². The number of carbonyl (C=O) groups excluding carboxylic acids is 2. The maximum Gasteiger partial charge on any atom is 0.228 e. The molecule has 2 amide bonds. The predicted molar refractivity (Wildman–Crippen MR) is 78.6 cm³/mol. The minimum atomic E-state index is -0.351. The Kier molecular flexibility index (Phi) is 4.38. The second kappa shape index (κ2) is 6.44.